The average Bonchev–Trinajstić information content (AvgIpc) is 3.28. The quantitative estimate of drug-likeness (QED) is 0.562. The first-order chi connectivity index (χ1) is 14.0. The first-order valence-corrected chi connectivity index (χ1v) is 9.75. The molecule has 3 rings (SSSR count). The molecule has 2 N–H and O–H groups in total. The molecule has 1 aromatic heterocycles. The van der Waals surface area contributed by atoms with Crippen LogP contribution in [0.4, 0.5) is 5.69 Å². The number of nitrogens with zero attached hydrogens (tertiary/aromatic N) is 3. The maximum Gasteiger partial charge on any atom is 0.262 e. The maximum atomic E-state index is 12.4. The minimum atomic E-state index is -0.351. The van der Waals surface area contributed by atoms with Gasteiger partial charge in [-0.1, -0.05) is 32.9 Å². The van der Waals surface area contributed by atoms with E-state index >= 15 is 0 Å². The predicted molar refractivity (Wildman–Crippen MR) is 112 cm³/mol. The number of hydrogen-bond acceptors (Lipinski definition) is 5. The van der Waals surface area contributed by atoms with Crippen molar-refractivity contribution in [3.8, 4) is 17.2 Å². The Morgan fingerprint density at radius 2 is 1.93 bits per heavy atom. The number of amides is 1. The Kier molecular flexibility index (Phi) is 6.49. The molecule has 0 saturated heterocycles. The molecular formula is C22H26N4O3. The molecule has 1 amide bonds. The Morgan fingerprint density at radius 1 is 1.17 bits per heavy atom. The molecule has 0 bridgehead atoms. The highest BCUT2D eigenvalue weighted by Gasteiger charge is 2.13. The van der Waals surface area contributed by atoms with Crippen LogP contribution in [0.2, 0.25) is 0 Å². The second kappa shape index (κ2) is 9.23. The van der Waals surface area contributed by atoms with Crippen LogP contribution in [0, 0.1) is 0 Å². The SMILES string of the molecule is CCc1ccc(OCC(=O)Nc2cc(C(C)CC)ccc2O)c(-n2cnnc2)c1. The summed E-state index contributed by atoms with van der Waals surface area (Å²) in [6.45, 7) is 6.08. The zero-order valence-electron chi connectivity index (χ0n) is 16.9. The number of aromatic hydroxyl groups is 1. The Bertz CT molecular complexity index is 970. The summed E-state index contributed by atoms with van der Waals surface area (Å²) >= 11 is 0. The fraction of sp³-hybridized carbons (Fsp3) is 0.318. The smallest absolute Gasteiger partial charge is 0.262 e. The van der Waals surface area contributed by atoms with Crippen LogP contribution in [0.1, 0.15) is 44.2 Å². The third-order valence-corrected chi connectivity index (χ3v) is 4.96. The molecule has 3 aromatic rings. The van der Waals surface area contributed by atoms with E-state index in [-0.39, 0.29) is 18.3 Å². The second-order valence-electron chi connectivity index (χ2n) is 6.95. The van der Waals surface area contributed by atoms with E-state index in [2.05, 4.69) is 36.3 Å². The lowest BCUT2D eigenvalue weighted by atomic mass is 9.98. The molecule has 29 heavy (non-hydrogen) atoms. The third kappa shape index (κ3) is 4.93. The molecule has 0 saturated carbocycles. The molecule has 1 heterocycles. The summed E-state index contributed by atoms with van der Waals surface area (Å²) in [6.07, 6.45) is 5.02. The molecule has 0 fully saturated rings. The van der Waals surface area contributed by atoms with Gasteiger partial charge in [-0.3, -0.25) is 9.36 Å². The molecule has 0 aliphatic heterocycles. The van der Waals surface area contributed by atoms with Crippen LogP contribution >= 0.6 is 0 Å². The minimum absolute atomic E-state index is 0.0304. The predicted octanol–water partition coefficient (Wildman–Crippen LogP) is 4.07. The van der Waals surface area contributed by atoms with E-state index < -0.39 is 0 Å². The highest BCUT2D eigenvalue weighted by Crippen LogP contribution is 2.29. The van der Waals surface area contributed by atoms with Gasteiger partial charge in [-0.2, -0.15) is 0 Å². The van der Waals surface area contributed by atoms with Gasteiger partial charge in [-0.15, -0.1) is 10.2 Å². The van der Waals surface area contributed by atoms with Crippen molar-refractivity contribution in [1.29, 1.82) is 0 Å². The van der Waals surface area contributed by atoms with Crippen LogP contribution < -0.4 is 10.1 Å². The summed E-state index contributed by atoms with van der Waals surface area (Å²) in [5, 5.41) is 20.5. The number of rotatable bonds is 8. The standard InChI is InChI=1S/C22H26N4O3/c1-4-15(3)17-7-8-20(27)18(11-17)25-22(28)12-29-21-9-6-16(5-2)10-19(21)26-13-23-24-14-26/h6-11,13-15,27H,4-5,12H2,1-3H3,(H,25,28). The van der Waals surface area contributed by atoms with Crippen molar-refractivity contribution < 1.29 is 14.6 Å². The van der Waals surface area contributed by atoms with Gasteiger partial charge < -0.3 is 15.2 Å². The molecular weight excluding hydrogens is 368 g/mol. The van der Waals surface area contributed by atoms with Crippen molar-refractivity contribution in [3.05, 3.63) is 60.2 Å². The lowest BCUT2D eigenvalue weighted by molar-refractivity contribution is -0.118. The van der Waals surface area contributed by atoms with Gasteiger partial charge in [0.05, 0.1) is 11.4 Å². The van der Waals surface area contributed by atoms with Crippen molar-refractivity contribution in [1.82, 2.24) is 14.8 Å². The van der Waals surface area contributed by atoms with Crippen LogP contribution in [-0.4, -0.2) is 32.4 Å². The topological polar surface area (TPSA) is 89.3 Å². The van der Waals surface area contributed by atoms with Gasteiger partial charge >= 0.3 is 0 Å². The highest BCUT2D eigenvalue weighted by atomic mass is 16.5. The molecule has 7 heteroatoms. The molecule has 0 radical (unpaired) electrons. The van der Waals surface area contributed by atoms with Gasteiger partial charge in [-0.25, -0.2) is 0 Å². The van der Waals surface area contributed by atoms with E-state index in [9.17, 15) is 9.90 Å². The summed E-state index contributed by atoms with van der Waals surface area (Å²) in [6, 6.07) is 11.1. The van der Waals surface area contributed by atoms with Crippen molar-refractivity contribution in [2.45, 2.75) is 39.5 Å². The van der Waals surface area contributed by atoms with E-state index in [4.69, 9.17) is 4.74 Å². The normalized spacial score (nSPS) is 11.8. The Labute approximate surface area is 170 Å². The summed E-state index contributed by atoms with van der Waals surface area (Å²) in [4.78, 5) is 12.4. The van der Waals surface area contributed by atoms with E-state index in [1.54, 1.807) is 29.4 Å². The van der Waals surface area contributed by atoms with Crippen LogP contribution in [0.5, 0.6) is 11.5 Å². The van der Waals surface area contributed by atoms with E-state index in [0.717, 1.165) is 29.7 Å². The maximum absolute atomic E-state index is 12.4. The molecule has 2 aromatic carbocycles. The van der Waals surface area contributed by atoms with Gasteiger partial charge in [0.15, 0.2) is 6.61 Å². The van der Waals surface area contributed by atoms with E-state index in [1.807, 2.05) is 24.3 Å². The number of aromatic nitrogens is 3. The molecule has 1 atom stereocenters. The van der Waals surface area contributed by atoms with Crippen molar-refractivity contribution >= 4 is 11.6 Å². The van der Waals surface area contributed by atoms with Gasteiger partial charge in [0.1, 0.15) is 24.2 Å². The average molecular weight is 394 g/mol. The van der Waals surface area contributed by atoms with Crippen LogP contribution in [0.3, 0.4) is 0 Å². The molecule has 152 valence electrons. The molecule has 0 spiro atoms. The number of carbonyl (C=O) groups is 1. The summed E-state index contributed by atoms with van der Waals surface area (Å²) < 4.78 is 7.51. The first-order valence-electron chi connectivity index (χ1n) is 9.75. The summed E-state index contributed by atoms with van der Waals surface area (Å²) in [7, 11) is 0. The fourth-order valence-electron chi connectivity index (χ4n) is 2.96. The fourth-order valence-corrected chi connectivity index (χ4v) is 2.96. The Morgan fingerprint density at radius 3 is 2.62 bits per heavy atom. The number of phenols is 1. The van der Waals surface area contributed by atoms with E-state index in [1.165, 1.54) is 0 Å². The summed E-state index contributed by atoms with van der Waals surface area (Å²) in [5.74, 6) is 0.569. The monoisotopic (exact) mass is 394 g/mol. The van der Waals surface area contributed by atoms with Gasteiger partial charge in [0.25, 0.3) is 5.91 Å². The molecule has 7 nitrogen and oxygen atoms in total. The van der Waals surface area contributed by atoms with Crippen molar-refractivity contribution in [2.24, 2.45) is 0 Å². The lowest BCUT2D eigenvalue weighted by Gasteiger charge is -2.15. The van der Waals surface area contributed by atoms with Gasteiger partial charge in [0.2, 0.25) is 0 Å². The number of phenolic OH excluding ortho intramolecular Hbond substituents is 1. The number of hydrogen-bond donors (Lipinski definition) is 2. The number of aryl methyl sites for hydroxylation is 1. The molecule has 0 aliphatic carbocycles. The minimum Gasteiger partial charge on any atom is -0.506 e. The number of anilines is 1. The number of ether oxygens (including phenoxy) is 1. The first kappa shape index (κ1) is 20.4. The van der Waals surface area contributed by atoms with Crippen molar-refractivity contribution in [3.63, 3.8) is 0 Å². The highest BCUT2D eigenvalue weighted by molar-refractivity contribution is 5.93. The van der Waals surface area contributed by atoms with Gasteiger partial charge in [0, 0.05) is 0 Å². The van der Waals surface area contributed by atoms with Crippen molar-refractivity contribution in [2.75, 3.05) is 11.9 Å². The number of benzene rings is 2. The number of carbonyl (C=O) groups excluding carboxylic acids is 1. The van der Waals surface area contributed by atoms with Crippen LogP contribution in [-0.2, 0) is 11.2 Å². The lowest BCUT2D eigenvalue weighted by Crippen LogP contribution is -2.21. The molecule has 0 aliphatic rings. The molecule has 1 unspecified atom stereocenters. The zero-order valence-corrected chi connectivity index (χ0v) is 16.9. The summed E-state index contributed by atoms with van der Waals surface area (Å²) in [5.41, 5.74) is 3.35. The Hall–Kier alpha value is -3.35. The largest absolute Gasteiger partial charge is 0.506 e. The zero-order chi connectivity index (χ0) is 20.8. The Balaban J connectivity index is 1.72. The van der Waals surface area contributed by atoms with Crippen LogP contribution in [0.25, 0.3) is 5.69 Å². The third-order valence-electron chi connectivity index (χ3n) is 4.96. The van der Waals surface area contributed by atoms with Crippen LogP contribution in [0.15, 0.2) is 49.1 Å². The number of nitrogens with one attached hydrogen (secondary N) is 1. The van der Waals surface area contributed by atoms with Gasteiger partial charge in [-0.05, 0) is 54.2 Å². The second-order valence-corrected chi connectivity index (χ2v) is 6.95. The van der Waals surface area contributed by atoms with E-state index in [0.29, 0.717) is 17.4 Å².